The summed E-state index contributed by atoms with van der Waals surface area (Å²) in [5, 5.41) is 2.99. The van der Waals surface area contributed by atoms with Crippen LogP contribution in [0.15, 0.2) is 12.2 Å². The average Bonchev–Trinajstić information content (AvgIpc) is 2.08. The van der Waals surface area contributed by atoms with Gasteiger partial charge in [-0.05, 0) is 6.92 Å². The molecule has 14 heavy (non-hydrogen) atoms. The van der Waals surface area contributed by atoms with Gasteiger partial charge in [-0.2, -0.15) is 0 Å². The predicted molar refractivity (Wildman–Crippen MR) is 58.2 cm³/mol. The summed E-state index contributed by atoms with van der Waals surface area (Å²) in [6, 6.07) is 0. The van der Waals surface area contributed by atoms with E-state index in [1.54, 1.807) is 0 Å². The first-order valence-corrected chi connectivity index (χ1v) is 6.69. The molecule has 4 nitrogen and oxygen atoms in total. The predicted octanol–water partition coefficient (Wildman–Crippen LogP) is 0.213. The summed E-state index contributed by atoms with van der Waals surface area (Å²) in [7, 11) is -2.84. The van der Waals surface area contributed by atoms with Gasteiger partial charge in [0.25, 0.3) is 0 Å². The van der Waals surface area contributed by atoms with Crippen molar-refractivity contribution in [3.05, 3.63) is 12.2 Å². The molecule has 0 aliphatic carbocycles. The van der Waals surface area contributed by atoms with Gasteiger partial charge in [0.2, 0.25) is 0 Å². The Morgan fingerprint density at radius 1 is 1.36 bits per heavy atom. The van der Waals surface area contributed by atoms with Crippen LogP contribution < -0.4 is 5.32 Å². The normalized spacial score (nSPS) is 12.4. The molecule has 0 amide bonds. The molecule has 0 aromatic heterocycles. The van der Waals surface area contributed by atoms with E-state index in [-0.39, 0.29) is 5.75 Å². The number of ether oxygens (including phenoxy) is 1. The van der Waals surface area contributed by atoms with Crippen molar-refractivity contribution in [2.45, 2.75) is 6.92 Å². The van der Waals surface area contributed by atoms with Crippen molar-refractivity contribution in [2.75, 3.05) is 38.3 Å². The molecule has 0 fully saturated rings. The van der Waals surface area contributed by atoms with Crippen LogP contribution in [0, 0.1) is 0 Å². The van der Waals surface area contributed by atoms with Gasteiger partial charge >= 0.3 is 0 Å². The van der Waals surface area contributed by atoms with E-state index in [1.165, 1.54) is 6.26 Å². The molecule has 0 rings (SSSR count). The first-order chi connectivity index (χ1) is 6.56. The van der Waals surface area contributed by atoms with Crippen LogP contribution in [0.2, 0.25) is 0 Å². The third-order valence-electron chi connectivity index (χ3n) is 1.52. The summed E-state index contributed by atoms with van der Waals surface area (Å²) in [6.45, 7) is 4.34. The standard InChI is InChI=1S/C9H19NO3S/c1-3-4-7-13-8-5-10-6-9-14(2,11)12/h3-4,10H,5-9H2,1-2H3. The molecule has 0 aromatic carbocycles. The van der Waals surface area contributed by atoms with Crippen LogP contribution >= 0.6 is 0 Å². The zero-order valence-electron chi connectivity index (χ0n) is 8.82. The highest BCUT2D eigenvalue weighted by Gasteiger charge is 1.99. The molecule has 0 saturated carbocycles. The lowest BCUT2D eigenvalue weighted by Crippen LogP contribution is -2.25. The Morgan fingerprint density at radius 3 is 2.64 bits per heavy atom. The maximum absolute atomic E-state index is 10.7. The highest BCUT2D eigenvalue weighted by Crippen LogP contribution is 1.80. The monoisotopic (exact) mass is 221 g/mol. The van der Waals surface area contributed by atoms with Crippen molar-refractivity contribution in [1.29, 1.82) is 0 Å². The van der Waals surface area contributed by atoms with Crippen LogP contribution in [-0.2, 0) is 14.6 Å². The van der Waals surface area contributed by atoms with Crippen LogP contribution in [0.3, 0.4) is 0 Å². The molecule has 0 spiro atoms. The van der Waals surface area contributed by atoms with Crippen LogP contribution in [0.5, 0.6) is 0 Å². The van der Waals surface area contributed by atoms with Gasteiger partial charge in [-0.25, -0.2) is 8.42 Å². The van der Waals surface area contributed by atoms with Gasteiger partial charge in [-0.1, -0.05) is 12.2 Å². The van der Waals surface area contributed by atoms with Crippen LogP contribution in [0.4, 0.5) is 0 Å². The van der Waals surface area contributed by atoms with Crippen LogP contribution in [-0.4, -0.2) is 46.7 Å². The smallest absolute Gasteiger partial charge is 0.148 e. The number of hydrogen-bond acceptors (Lipinski definition) is 4. The van der Waals surface area contributed by atoms with Crippen molar-refractivity contribution in [3.63, 3.8) is 0 Å². The van der Waals surface area contributed by atoms with Gasteiger partial charge in [-0.15, -0.1) is 0 Å². The van der Waals surface area contributed by atoms with E-state index in [2.05, 4.69) is 5.32 Å². The molecule has 0 atom stereocenters. The van der Waals surface area contributed by atoms with Gasteiger partial charge in [0.1, 0.15) is 9.84 Å². The lowest BCUT2D eigenvalue weighted by molar-refractivity contribution is 0.164. The Kier molecular flexibility index (Phi) is 7.74. The Morgan fingerprint density at radius 2 is 2.07 bits per heavy atom. The molecule has 0 aliphatic heterocycles. The van der Waals surface area contributed by atoms with Crippen molar-refractivity contribution in [3.8, 4) is 0 Å². The quantitative estimate of drug-likeness (QED) is 0.470. The number of allylic oxidation sites excluding steroid dienone is 1. The summed E-state index contributed by atoms with van der Waals surface area (Å²) in [5.74, 6) is 0.182. The van der Waals surface area contributed by atoms with Crippen LogP contribution in [0.1, 0.15) is 6.92 Å². The number of hydrogen-bond donors (Lipinski definition) is 1. The van der Waals surface area contributed by atoms with Crippen molar-refractivity contribution in [2.24, 2.45) is 0 Å². The molecule has 0 heterocycles. The Bertz CT molecular complexity index is 247. The molecule has 84 valence electrons. The van der Waals surface area contributed by atoms with Gasteiger partial charge in [0, 0.05) is 19.3 Å². The lowest BCUT2D eigenvalue weighted by Gasteiger charge is -2.03. The molecule has 0 aromatic rings. The summed E-state index contributed by atoms with van der Waals surface area (Å²) < 4.78 is 26.7. The summed E-state index contributed by atoms with van der Waals surface area (Å²) in [4.78, 5) is 0. The van der Waals surface area contributed by atoms with Crippen molar-refractivity contribution >= 4 is 9.84 Å². The molecular weight excluding hydrogens is 202 g/mol. The Labute approximate surface area is 86.3 Å². The second kappa shape index (κ2) is 7.96. The van der Waals surface area contributed by atoms with Gasteiger partial charge < -0.3 is 10.1 Å². The third kappa shape index (κ3) is 11.6. The lowest BCUT2D eigenvalue weighted by atomic mass is 10.5. The second-order valence-electron chi connectivity index (χ2n) is 3.02. The van der Waals surface area contributed by atoms with Crippen molar-refractivity contribution in [1.82, 2.24) is 5.32 Å². The molecule has 5 heteroatoms. The van der Waals surface area contributed by atoms with Gasteiger partial charge in [0.05, 0.1) is 19.0 Å². The maximum Gasteiger partial charge on any atom is 0.148 e. The van der Waals surface area contributed by atoms with Gasteiger partial charge in [-0.3, -0.25) is 0 Å². The van der Waals surface area contributed by atoms with E-state index in [9.17, 15) is 8.42 Å². The fraction of sp³-hybridized carbons (Fsp3) is 0.778. The zero-order chi connectivity index (χ0) is 10.9. The van der Waals surface area contributed by atoms with E-state index in [4.69, 9.17) is 4.74 Å². The van der Waals surface area contributed by atoms with E-state index < -0.39 is 9.84 Å². The van der Waals surface area contributed by atoms with E-state index in [0.29, 0.717) is 26.3 Å². The molecular formula is C9H19NO3S. The van der Waals surface area contributed by atoms with Crippen LogP contribution in [0.25, 0.3) is 0 Å². The van der Waals surface area contributed by atoms with E-state index >= 15 is 0 Å². The summed E-state index contributed by atoms with van der Waals surface area (Å²) in [5.41, 5.74) is 0. The summed E-state index contributed by atoms with van der Waals surface area (Å²) >= 11 is 0. The zero-order valence-corrected chi connectivity index (χ0v) is 9.64. The molecule has 0 bridgehead atoms. The highest BCUT2D eigenvalue weighted by atomic mass is 32.2. The van der Waals surface area contributed by atoms with E-state index in [1.807, 2.05) is 19.1 Å². The molecule has 1 N–H and O–H groups in total. The number of nitrogens with one attached hydrogen (secondary N) is 1. The Balaban J connectivity index is 3.15. The fourth-order valence-corrected chi connectivity index (χ4v) is 1.29. The largest absolute Gasteiger partial charge is 0.376 e. The number of rotatable bonds is 8. The second-order valence-corrected chi connectivity index (χ2v) is 5.28. The van der Waals surface area contributed by atoms with E-state index in [0.717, 1.165) is 0 Å². The SMILES string of the molecule is CC=CCOCCNCCS(C)(=O)=O. The third-order valence-corrected chi connectivity index (χ3v) is 2.47. The first kappa shape index (κ1) is 13.6. The Hall–Kier alpha value is -0.390. The fourth-order valence-electron chi connectivity index (χ4n) is 0.775. The summed E-state index contributed by atoms with van der Waals surface area (Å²) in [6.07, 6.45) is 5.09. The molecule has 0 saturated heterocycles. The minimum atomic E-state index is -2.84. The topological polar surface area (TPSA) is 55.4 Å². The molecule has 0 unspecified atom stereocenters. The minimum absolute atomic E-state index is 0.182. The van der Waals surface area contributed by atoms with Gasteiger partial charge in [0.15, 0.2) is 0 Å². The maximum atomic E-state index is 10.7. The minimum Gasteiger partial charge on any atom is -0.376 e. The average molecular weight is 221 g/mol. The van der Waals surface area contributed by atoms with Crippen molar-refractivity contribution < 1.29 is 13.2 Å². The molecule has 0 aliphatic rings. The molecule has 0 radical (unpaired) electrons. The number of sulfone groups is 1. The first-order valence-electron chi connectivity index (χ1n) is 4.63. The highest BCUT2D eigenvalue weighted by molar-refractivity contribution is 7.90.